The Kier molecular flexibility index (Phi) is 1.71. The molecule has 0 aromatic carbocycles. The van der Waals surface area contributed by atoms with E-state index in [1.165, 1.54) is 3.11 Å². The number of rotatable bonds is 1. The van der Waals surface area contributed by atoms with Crippen molar-refractivity contribution in [1.29, 1.82) is 0 Å². The molecule has 0 spiro atoms. The van der Waals surface area contributed by atoms with E-state index in [1.54, 1.807) is 0 Å². The fraction of sp³-hybridized carbons (Fsp3) is 0.200. The molecule has 4 heteroatoms. The maximum atomic E-state index is 10.6. The molecule has 0 saturated heterocycles. The average molecular weight is 236 g/mol. The first kappa shape index (κ1) is 6.55. The van der Waals surface area contributed by atoms with E-state index in [1.807, 2.05) is 4.93 Å². The van der Waals surface area contributed by atoms with Gasteiger partial charge in [0.2, 0.25) is 0 Å². The number of amides is 2. The molecule has 9 heavy (non-hydrogen) atoms. The van der Waals surface area contributed by atoms with Crippen molar-refractivity contribution >= 4 is 11.8 Å². The zero-order valence-corrected chi connectivity index (χ0v) is 6.80. The summed E-state index contributed by atoms with van der Waals surface area (Å²) >= 11 is -0.467. The van der Waals surface area contributed by atoms with Gasteiger partial charge in [-0.15, -0.1) is 0 Å². The molecule has 1 aliphatic rings. The van der Waals surface area contributed by atoms with Crippen molar-refractivity contribution in [3.8, 4) is 11.8 Å². The summed E-state index contributed by atoms with van der Waals surface area (Å²) in [5.41, 5.74) is 0. The second-order valence-electron chi connectivity index (χ2n) is 1.31. The van der Waals surface area contributed by atoms with Crippen LogP contribution in [0.25, 0.3) is 0 Å². The molecule has 48 valence electrons. The van der Waals surface area contributed by atoms with Gasteiger partial charge in [-0.1, -0.05) is 0 Å². The Morgan fingerprint density at radius 1 is 1.33 bits per heavy atom. The number of hydrogen-bond donors (Lipinski definition) is 0. The van der Waals surface area contributed by atoms with Gasteiger partial charge in [0, 0.05) is 0 Å². The fourth-order valence-electron chi connectivity index (χ4n) is 0.451. The molecule has 0 fully saturated rings. The van der Waals surface area contributed by atoms with Gasteiger partial charge < -0.3 is 0 Å². The van der Waals surface area contributed by atoms with Crippen molar-refractivity contribution in [3.05, 3.63) is 0 Å². The Morgan fingerprint density at radius 2 is 1.78 bits per heavy atom. The summed E-state index contributed by atoms with van der Waals surface area (Å²) in [7, 11) is 0. The van der Waals surface area contributed by atoms with Crippen molar-refractivity contribution in [2.75, 3.05) is 4.93 Å². The molecule has 1 heterocycles. The van der Waals surface area contributed by atoms with E-state index in [-0.39, 0.29) is 11.8 Å². The van der Waals surface area contributed by atoms with Crippen molar-refractivity contribution in [3.63, 3.8) is 0 Å². The molecule has 0 aromatic rings. The molecule has 0 aromatic heterocycles. The van der Waals surface area contributed by atoms with E-state index in [0.717, 1.165) is 0 Å². The van der Waals surface area contributed by atoms with Gasteiger partial charge >= 0.3 is 62.8 Å². The Balaban J connectivity index is 2.79. The van der Waals surface area contributed by atoms with Gasteiger partial charge in [0.05, 0.1) is 0 Å². The topological polar surface area (TPSA) is 37.4 Å². The minimum absolute atomic E-state index is 0.338. The second kappa shape index (κ2) is 2.35. The van der Waals surface area contributed by atoms with Gasteiger partial charge in [-0.2, -0.15) is 0 Å². The van der Waals surface area contributed by atoms with Gasteiger partial charge in [0.15, 0.2) is 0 Å². The van der Waals surface area contributed by atoms with Crippen LogP contribution in [0.4, 0.5) is 0 Å². The fourth-order valence-corrected chi connectivity index (χ4v) is 1.57. The first-order valence-electron chi connectivity index (χ1n) is 2.15. The molecule has 0 N–H and O–H groups in total. The van der Waals surface area contributed by atoms with E-state index in [0.29, 0.717) is 0 Å². The normalized spacial score (nSPS) is 16.3. The number of carbonyl (C=O) groups excluding carboxylic acids is 2. The van der Waals surface area contributed by atoms with Crippen LogP contribution in [0.3, 0.4) is 0 Å². The predicted molar refractivity (Wildman–Crippen MR) is 25.6 cm³/mol. The molecule has 0 unspecified atom stereocenters. The van der Waals surface area contributed by atoms with E-state index >= 15 is 0 Å². The number of carbonyl (C=O) groups is 2. The van der Waals surface area contributed by atoms with Gasteiger partial charge in [0.25, 0.3) is 0 Å². The summed E-state index contributed by atoms with van der Waals surface area (Å²) in [5.74, 6) is 3.70. The first-order chi connectivity index (χ1) is 4.25. The Hall–Kier alpha value is -0.570. The van der Waals surface area contributed by atoms with Crippen LogP contribution < -0.4 is 21.5 Å². The molecule has 0 radical (unpaired) electrons. The predicted octanol–water partition coefficient (Wildman–Crippen LogP) is -4.01. The van der Waals surface area contributed by atoms with Crippen molar-refractivity contribution < 1.29 is 31.1 Å². The molecule has 0 aliphatic carbocycles. The third-order valence-corrected chi connectivity index (χ3v) is 2.64. The maximum absolute atomic E-state index is 10.6. The molecular formula is C5H3INO2-. The van der Waals surface area contributed by atoms with Crippen LogP contribution in [0.5, 0.6) is 0 Å². The SMILES string of the molecule is C[I-]N1C(=O)C#CC1=O. The van der Waals surface area contributed by atoms with Crippen molar-refractivity contribution in [1.82, 2.24) is 3.11 Å². The summed E-state index contributed by atoms with van der Waals surface area (Å²) in [6.07, 6.45) is 0. The zero-order chi connectivity index (χ0) is 6.85. The van der Waals surface area contributed by atoms with Gasteiger partial charge in [-0.05, 0) is 0 Å². The van der Waals surface area contributed by atoms with Crippen LogP contribution >= 0.6 is 0 Å². The number of hydrogen-bond acceptors (Lipinski definition) is 2. The van der Waals surface area contributed by atoms with Crippen molar-refractivity contribution in [2.24, 2.45) is 0 Å². The third kappa shape index (κ3) is 1.05. The van der Waals surface area contributed by atoms with Crippen LogP contribution in [0, 0.1) is 11.8 Å². The van der Waals surface area contributed by atoms with E-state index in [2.05, 4.69) is 11.8 Å². The van der Waals surface area contributed by atoms with Crippen LogP contribution in [-0.4, -0.2) is 19.9 Å². The quantitative estimate of drug-likeness (QED) is 0.153. The standard InChI is InChI=1S/C5H3INO2/c1-6-7-4(8)2-3-5(7)9/h1H3/q-1. The average Bonchev–Trinajstić information content (AvgIpc) is 2.12. The molecule has 0 saturated carbocycles. The third-order valence-electron chi connectivity index (χ3n) is 0.802. The Morgan fingerprint density at radius 3 is 2.00 bits per heavy atom. The van der Waals surface area contributed by atoms with Gasteiger partial charge in [0.1, 0.15) is 0 Å². The Labute approximate surface area is 63.0 Å². The molecular weight excluding hydrogens is 233 g/mol. The number of halogens is 1. The minimum atomic E-state index is -0.467. The number of alkyl halides is 1. The van der Waals surface area contributed by atoms with Crippen LogP contribution in [0.15, 0.2) is 0 Å². The number of imide groups is 1. The van der Waals surface area contributed by atoms with E-state index in [9.17, 15) is 9.59 Å². The Bertz CT molecular complexity index is 205. The van der Waals surface area contributed by atoms with Gasteiger partial charge in [-0.25, -0.2) is 0 Å². The van der Waals surface area contributed by atoms with Gasteiger partial charge in [-0.3, -0.25) is 0 Å². The monoisotopic (exact) mass is 236 g/mol. The van der Waals surface area contributed by atoms with Crippen LogP contribution in [0.1, 0.15) is 0 Å². The molecule has 0 bridgehead atoms. The zero-order valence-electron chi connectivity index (χ0n) is 4.64. The summed E-state index contributed by atoms with van der Waals surface area (Å²) in [6.45, 7) is 0. The van der Waals surface area contributed by atoms with Crippen molar-refractivity contribution in [2.45, 2.75) is 0 Å². The summed E-state index contributed by atoms with van der Waals surface area (Å²) in [5, 5.41) is 0. The summed E-state index contributed by atoms with van der Waals surface area (Å²) in [6, 6.07) is 0. The second-order valence-corrected chi connectivity index (χ2v) is 3.24. The van der Waals surface area contributed by atoms with Crippen LogP contribution in [0.2, 0.25) is 0 Å². The van der Waals surface area contributed by atoms with E-state index in [4.69, 9.17) is 0 Å². The molecule has 0 atom stereocenters. The van der Waals surface area contributed by atoms with Crippen LogP contribution in [-0.2, 0) is 9.59 Å². The summed E-state index contributed by atoms with van der Waals surface area (Å²) < 4.78 is 1.18. The number of nitrogens with zero attached hydrogens (tertiary/aromatic N) is 1. The molecule has 2 amide bonds. The summed E-state index contributed by atoms with van der Waals surface area (Å²) in [4.78, 5) is 23.0. The molecule has 3 nitrogen and oxygen atoms in total. The molecule has 1 rings (SSSR count). The molecule has 1 aliphatic heterocycles. The first-order valence-corrected chi connectivity index (χ1v) is 5.27. The van der Waals surface area contributed by atoms with E-state index < -0.39 is 21.5 Å².